The summed E-state index contributed by atoms with van der Waals surface area (Å²) in [5.74, 6) is 0.823. The minimum absolute atomic E-state index is 0.117. The number of anilines is 1. The molecule has 0 spiro atoms. The van der Waals surface area contributed by atoms with Crippen molar-refractivity contribution < 1.29 is 5.21 Å². The number of nitrogens with zero attached hydrogens (tertiary/aromatic N) is 2. The summed E-state index contributed by atoms with van der Waals surface area (Å²) in [5, 5.41) is 11.8. The Morgan fingerprint density at radius 2 is 2.00 bits per heavy atom. The Kier molecular flexibility index (Phi) is 6.85. The van der Waals surface area contributed by atoms with E-state index in [-0.39, 0.29) is 5.84 Å². The number of oxime groups is 1. The number of benzene rings is 1. The van der Waals surface area contributed by atoms with Gasteiger partial charge in [0.25, 0.3) is 0 Å². The molecule has 4 nitrogen and oxygen atoms in total. The standard InChI is InChI=1S/C15H24BrN3O/c1-4-11(5-2)10-19(6-3)12-7-8-13(14(16)9-12)15(17)18-20/h7-9,11,20H,4-6,10H2,1-3H3,(H2,17,18). The van der Waals surface area contributed by atoms with Crippen molar-refractivity contribution in [3.8, 4) is 0 Å². The number of rotatable bonds is 7. The maximum atomic E-state index is 8.75. The molecule has 0 fully saturated rings. The van der Waals surface area contributed by atoms with Crippen LogP contribution in [0.5, 0.6) is 0 Å². The lowest BCUT2D eigenvalue weighted by Gasteiger charge is -2.28. The highest BCUT2D eigenvalue weighted by atomic mass is 79.9. The Balaban J connectivity index is 2.97. The summed E-state index contributed by atoms with van der Waals surface area (Å²) in [6.45, 7) is 8.65. The van der Waals surface area contributed by atoms with Crippen LogP contribution in [0.25, 0.3) is 0 Å². The SMILES string of the molecule is CCC(CC)CN(CC)c1ccc(/C(N)=N/O)c(Br)c1. The second-order valence-corrected chi connectivity index (χ2v) is 5.72. The van der Waals surface area contributed by atoms with E-state index < -0.39 is 0 Å². The summed E-state index contributed by atoms with van der Waals surface area (Å²) < 4.78 is 0.841. The third kappa shape index (κ3) is 4.13. The minimum Gasteiger partial charge on any atom is -0.409 e. The van der Waals surface area contributed by atoms with Gasteiger partial charge in [0.15, 0.2) is 5.84 Å². The summed E-state index contributed by atoms with van der Waals surface area (Å²) in [7, 11) is 0. The monoisotopic (exact) mass is 341 g/mol. The van der Waals surface area contributed by atoms with E-state index >= 15 is 0 Å². The number of amidine groups is 1. The Hall–Kier alpha value is -1.23. The van der Waals surface area contributed by atoms with Crippen LogP contribution in [-0.4, -0.2) is 24.1 Å². The van der Waals surface area contributed by atoms with Gasteiger partial charge in [0, 0.05) is 28.8 Å². The summed E-state index contributed by atoms with van der Waals surface area (Å²) in [6, 6.07) is 5.92. The number of hydrogen-bond acceptors (Lipinski definition) is 3. The fraction of sp³-hybridized carbons (Fsp3) is 0.533. The molecule has 0 heterocycles. The summed E-state index contributed by atoms with van der Waals surface area (Å²) in [5.41, 5.74) is 7.49. The molecule has 0 aromatic heterocycles. The summed E-state index contributed by atoms with van der Waals surface area (Å²) in [4.78, 5) is 2.36. The van der Waals surface area contributed by atoms with Crippen molar-refractivity contribution in [2.24, 2.45) is 16.8 Å². The average Bonchev–Trinajstić information content (AvgIpc) is 2.47. The van der Waals surface area contributed by atoms with Crippen molar-refractivity contribution in [2.75, 3.05) is 18.0 Å². The molecule has 112 valence electrons. The fourth-order valence-corrected chi connectivity index (χ4v) is 2.81. The van der Waals surface area contributed by atoms with Gasteiger partial charge in [-0.1, -0.05) is 31.8 Å². The van der Waals surface area contributed by atoms with E-state index in [1.807, 2.05) is 18.2 Å². The van der Waals surface area contributed by atoms with Crippen LogP contribution in [0.15, 0.2) is 27.8 Å². The molecule has 0 saturated carbocycles. The molecule has 0 aliphatic carbocycles. The van der Waals surface area contributed by atoms with E-state index in [4.69, 9.17) is 10.9 Å². The summed E-state index contributed by atoms with van der Waals surface area (Å²) >= 11 is 3.49. The van der Waals surface area contributed by atoms with Crippen molar-refractivity contribution in [1.82, 2.24) is 0 Å². The highest BCUT2D eigenvalue weighted by Crippen LogP contribution is 2.25. The third-order valence-corrected chi connectivity index (χ3v) is 4.37. The molecule has 0 aliphatic rings. The normalized spacial score (nSPS) is 11.9. The largest absolute Gasteiger partial charge is 0.409 e. The Morgan fingerprint density at radius 3 is 2.45 bits per heavy atom. The predicted molar refractivity (Wildman–Crippen MR) is 88.6 cm³/mol. The molecule has 1 aromatic carbocycles. The van der Waals surface area contributed by atoms with Gasteiger partial charge in [-0.25, -0.2) is 0 Å². The van der Waals surface area contributed by atoms with Crippen molar-refractivity contribution >= 4 is 27.5 Å². The summed E-state index contributed by atoms with van der Waals surface area (Å²) in [6.07, 6.45) is 2.38. The van der Waals surface area contributed by atoms with Crippen molar-refractivity contribution in [3.63, 3.8) is 0 Å². The van der Waals surface area contributed by atoms with Crippen molar-refractivity contribution in [3.05, 3.63) is 28.2 Å². The van der Waals surface area contributed by atoms with Gasteiger partial charge in [0.05, 0.1) is 0 Å². The fourth-order valence-electron chi connectivity index (χ4n) is 2.24. The Morgan fingerprint density at radius 1 is 1.35 bits per heavy atom. The molecular weight excluding hydrogens is 318 g/mol. The van der Waals surface area contributed by atoms with Gasteiger partial charge in [0.1, 0.15) is 0 Å². The third-order valence-electron chi connectivity index (χ3n) is 3.72. The van der Waals surface area contributed by atoms with Gasteiger partial charge in [-0.05, 0) is 47.0 Å². The van der Waals surface area contributed by atoms with Gasteiger partial charge in [-0.15, -0.1) is 0 Å². The van der Waals surface area contributed by atoms with Crippen LogP contribution >= 0.6 is 15.9 Å². The molecule has 0 bridgehead atoms. The van der Waals surface area contributed by atoms with E-state index in [1.165, 1.54) is 12.8 Å². The quantitative estimate of drug-likeness (QED) is 0.343. The zero-order valence-electron chi connectivity index (χ0n) is 12.4. The van der Waals surface area contributed by atoms with Gasteiger partial charge in [-0.3, -0.25) is 0 Å². The molecule has 0 amide bonds. The molecule has 20 heavy (non-hydrogen) atoms. The van der Waals surface area contributed by atoms with Crippen LogP contribution in [0, 0.1) is 5.92 Å². The molecule has 0 unspecified atom stereocenters. The molecule has 1 rings (SSSR count). The number of halogens is 1. The first-order valence-corrected chi connectivity index (χ1v) is 7.88. The number of hydrogen-bond donors (Lipinski definition) is 2. The first kappa shape index (κ1) is 16.8. The van der Waals surface area contributed by atoms with E-state index in [0.717, 1.165) is 23.2 Å². The molecule has 0 radical (unpaired) electrons. The van der Waals surface area contributed by atoms with Crippen LogP contribution in [-0.2, 0) is 0 Å². The molecule has 0 saturated heterocycles. The lowest BCUT2D eigenvalue weighted by molar-refractivity contribution is 0.318. The lowest BCUT2D eigenvalue weighted by atomic mass is 10.0. The zero-order chi connectivity index (χ0) is 15.1. The van der Waals surface area contributed by atoms with E-state index in [1.54, 1.807) is 0 Å². The minimum atomic E-state index is 0.117. The maximum absolute atomic E-state index is 8.75. The van der Waals surface area contributed by atoms with Crippen LogP contribution in [0.1, 0.15) is 39.2 Å². The molecule has 3 N–H and O–H groups in total. The number of nitrogens with two attached hydrogens (primary N) is 1. The first-order valence-electron chi connectivity index (χ1n) is 7.09. The Labute approximate surface area is 129 Å². The predicted octanol–water partition coefficient (Wildman–Crippen LogP) is 3.81. The smallest absolute Gasteiger partial charge is 0.171 e. The molecule has 1 aromatic rings. The van der Waals surface area contributed by atoms with Crippen molar-refractivity contribution in [2.45, 2.75) is 33.6 Å². The topological polar surface area (TPSA) is 61.8 Å². The van der Waals surface area contributed by atoms with Gasteiger partial charge in [0.2, 0.25) is 0 Å². The van der Waals surface area contributed by atoms with Gasteiger partial charge in [-0.2, -0.15) is 0 Å². The van der Waals surface area contributed by atoms with Crippen LogP contribution < -0.4 is 10.6 Å². The van der Waals surface area contributed by atoms with Crippen LogP contribution in [0.4, 0.5) is 5.69 Å². The highest BCUT2D eigenvalue weighted by Gasteiger charge is 2.13. The molecule has 0 aliphatic heterocycles. The van der Waals surface area contributed by atoms with Crippen LogP contribution in [0.3, 0.4) is 0 Å². The van der Waals surface area contributed by atoms with Gasteiger partial charge >= 0.3 is 0 Å². The Bertz CT molecular complexity index is 458. The average molecular weight is 342 g/mol. The second kappa shape index (κ2) is 8.15. The molecule has 5 heteroatoms. The highest BCUT2D eigenvalue weighted by molar-refractivity contribution is 9.10. The first-order chi connectivity index (χ1) is 9.57. The van der Waals surface area contributed by atoms with E-state index in [0.29, 0.717) is 11.5 Å². The lowest BCUT2D eigenvalue weighted by Crippen LogP contribution is -2.29. The maximum Gasteiger partial charge on any atom is 0.171 e. The van der Waals surface area contributed by atoms with Gasteiger partial charge < -0.3 is 15.8 Å². The second-order valence-electron chi connectivity index (χ2n) is 4.87. The van der Waals surface area contributed by atoms with E-state index in [2.05, 4.69) is 46.8 Å². The zero-order valence-corrected chi connectivity index (χ0v) is 14.0. The van der Waals surface area contributed by atoms with Crippen molar-refractivity contribution in [1.29, 1.82) is 0 Å². The van der Waals surface area contributed by atoms with Crippen LogP contribution in [0.2, 0.25) is 0 Å². The molecule has 0 atom stereocenters. The molecular formula is C15H24BrN3O. The van der Waals surface area contributed by atoms with E-state index in [9.17, 15) is 0 Å².